The highest BCUT2D eigenvalue weighted by atomic mass is 35.5. The van der Waals surface area contributed by atoms with Gasteiger partial charge in [-0.05, 0) is 35.4 Å². The summed E-state index contributed by atoms with van der Waals surface area (Å²) in [5.41, 5.74) is -0.201. The molecule has 0 atom stereocenters. The molecule has 0 aliphatic rings. The fourth-order valence-corrected chi connectivity index (χ4v) is 2.29. The SMILES string of the molecule is Cc1ccc(C(C#N)=Cc2cc(O)c(O)c([N+](=O)[O-])c2)c(Cl)[n+]1[O-]. The minimum atomic E-state index is -0.874. The maximum absolute atomic E-state index is 11.8. The van der Waals surface area contributed by atoms with Crippen molar-refractivity contribution in [3.8, 4) is 17.6 Å². The van der Waals surface area contributed by atoms with Crippen LogP contribution in [0.3, 0.4) is 0 Å². The summed E-state index contributed by atoms with van der Waals surface area (Å²) >= 11 is 5.94. The summed E-state index contributed by atoms with van der Waals surface area (Å²) in [6.45, 7) is 1.54. The Morgan fingerprint density at radius 1 is 1.42 bits per heavy atom. The first-order valence-corrected chi connectivity index (χ1v) is 6.85. The van der Waals surface area contributed by atoms with Crippen molar-refractivity contribution in [1.29, 1.82) is 5.26 Å². The number of nitriles is 1. The molecule has 0 amide bonds. The van der Waals surface area contributed by atoms with Gasteiger partial charge in [0, 0.05) is 19.1 Å². The smallest absolute Gasteiger partial charge is 0.315 e. The van der Waals surface area contributed by atoms with E-state index in [1.807, 2.05) is 6.07 Å². The molecule has 24 heavy (non-hydrogen) atoms. The zero-order chi connectivity index (χ0) is 18.0. The molecule has 0 spiro atoms. The summed E-state index contributed by atoms with van der Waals surface area (Å²) in [6.07, 6.45) is 1.21. The molecule has 2 rings (SSSR count). The van der Waals surface area contributed by atoms with E-state index in [4.69, 9.17) is 11.6 Å². The molecule has 2 aromatic rings. The van der Waals surface area contributed by atoms with Gasteiger partial charge in [-0.3, -0.25) is 10.1 Å². The molecule has 1 heterocycles. The normalized spacial score (nSPS) is 11.1. The number of nitrogens with zero attached hydrogens (tertiary/aromatic N) is 3. The van der Waals surface area contributed by atoms with Crippen LogP contribution in [-0.2, 0) is 0 Å². The van der Waals surface area contributed by atoms with Gasteiger partial charge in [-0.15, -0.1) is 0 Å². The van der Waals surface area contributed by atoms with E-state index in [-0.39, 0.29) is 21.9 Å². The zero-order valence-corrected chi connectivity index (χ0v) is 13.0. The van der Waals surface area contributed by atoms with Gasteiger partial charge in [-0.25, -0.2) is 0 Å². The van der Waals surface area contributed by atoms with Crippen LogP contribution in [0.5, 0.6) is 11.5 Å². The standard InChI is InChI=1S/C15H10ClN3O5/c1-8-2-3-11(15(16)18(8)22)10(7-17)4-9-5-12(19(23)24)14(21)13(20)6-9/h2-6,20-21H,1H3. The summed E-state index contributed by atoms with van der Waals surface area (Å²) in [4.78, 5) is 10.00. The minimum Gasteiger partial charge on any atom is -0.617 e. The number of hydrogen-bond donors (Lipinski definition) is 2. The van der Waals surface area contributed by atoms with Crippen LogP contribution in [0.25, 0.3) is 11.6 Å². The number of phenols is 2. The van der Waals surface area contributed by atoms with E-state index in [1.54, 1.807) is 6.92 Å². The number of aromatic hydroxyl groups is 2. The summed E-state index contributed by atoms with van der Waals surface area (Å²) < 4.78 is 0.443. The molecule has 8 nitrogen and oxygen atoms in total. The van der Waals surface area contributed by atoms with Crippen molar-refractivity contribution in [3.05, 3.63) is 61.6 Å². The third kappa shape index (κ3) is 3.06. The molecule has 9 heteroatoms. The second-order valence-corrected chi connectivity index (χ2v) is 5.17. The van der Waals surface area contributed by atoms with Crippen LogP contribution in [0.2, 0.25) is 5.15 Å². The monoisotopic (exact) mass is 347 g/mol. The third-order valence-corrected chi connectivity index (χ3v) is 3.58. The lowest BCUT2D eigenvalue weighted by Crippen LogP contribution is -2.32. The first kappa shape index (κ1) is 17.1. The summed E-state index contributed by atoms with van der Waals surface area (Å²) in [5.74, 6) is -1.58. The van der Waals surface area contributed by atoms with Crippen LogP contribution in [-0.4, -0.2) is 15.1 Å². The Morgan fingerprint density at radius 3 is 2.67 bits per heavy atom. The second kappa shape index (κ2) is 6.44. The van der Waals surface area contributed by atoms with Gasteiger partial charge in [0.15, 0.2) is 11.4 Å². The number of hydrogen-bond acceptors (Lipinski definition) is 6. The van der Waals surface area contributed by atoms with E-state index in [1.165, 1.54) is 18.2 Å². The lowest BCUT2D eigenvalue weighted by Gasteiger charge is -2.07. The molecule has 1 aromatic carbocycles. The number of phenolic OH excluding ortho intramolecular Hbond substituents is 2. The predicted octanol–water partition coefficient (Wildman–Crippen LogP) is 2.67. The average Bonchev–Trinajstić information content (AvgIpc) is 2.54. The average molecular weight is 348 g/mol. The van der Waals surface area contributed by atoms with Gasteiger partial charge in [-0.2, -0.15) is 9.99 Å². The molecule has 1 aromatic heterocycles. The summed E-state index contributed by atoms with van der Waals surface area (Å²) in [6, 6.07) is 6.82. The van der Waals surface area contributed by atoms with Crippen molar-refractivity contribution in [1.82, 2.24) is 0 Å². The lowest BCUT2D eigenvalue weighted by molar-refractivity contribution is -0.610. The fourth-order valence-electron chi connectivity index (χ4n) is 1.99. The highest BCUT2D eigenvalue weighted by molar-refractivity contribution is 6.30. The number of pyridine rings is 1. The van der Waals surface area contributed by atoms with Crippen LogP contribution < -0.4 is 4.73 Å². The number of halogens is 1. The Morgan fingerprint density at radius 2 is 2.08 bits per heavy atom. The first-order valence-electron chi connectivity index (χ1n) is 6.47. The quantitative estimate of drug-likeness (QED) is 0.167. The Labute approximate surface area is 140 Å². The van der Waals surface area contributed by atoms with Crippen molar-refractivity contribution in [2.24, 2.45) is 0 Å². The highest BCUT2D eigenvalue weighted by Crippen LogP contribution is 2.37. The molecule has 0 radical (unpaired) electrons. The largest absolute Gasteiger partial charge is 0.617 e. The molecule has 0 saturated carbocycles. The predicted molar refractivity (Wildman–Crippen MR) is 85.1 cm³/mol. The number of aryl methyl sites for hydroxylation is 1. The number of rotatable bonds is 3. The van der Waals surface area contributed by atoms with Crippen LogP contribution in [0.1, 0.15) is 16.8 Å². The maximum atomic E-state index is 11.8. The van der Waals surface area contributed by atoms with Crippen molar-refractivity contribution < 1.29 is 19.9 Å². The van der Waals surface area contributed by atoms with Gasteiger partial charge in [0.25, 0.3) is 5.15 Å². The molecule has 0 unspecified atom stereocenters. The van der Waals surface area contributed by atoms with Gasteiger partial charge < -0.3 is 15.4 Å². The van der Waals surface area contributed by atoms with Crippen LogP contribution >= 0.6 is 11.6 Å². The molecule has 0 aliphatic carbocycles. The molecule has 2 N–H and O–H groups in total. The molecular weight excluding hydrogens is 338 g/mol. The minimum absolute atomic E-state index is 0.0380. The van der Waals surface area contributed by atoms with E-state index >= 15 is 0 Å². The van der Waals surface area contributed by atoms with Crippen molar-refractivity contribution in [2.75, 3.05) is 0 Å². The highest BCUT2D eigenvalue weighted by Gasteiger charge is 2.20. The molecule has 0 fully saturated rings. The van der Waals surface area contributed by atoms with E-state index < -0.39 is 22.1 Å². The Balaban J connectivity index is 2.63. The second-order valence-electron chi connectivity index (χ2n) is 4.81. The fraction of sp³-hybridized carbons (Fsp3) is 0.0667. The van der Waals surface area contributed by atoms with Gasteiger partial charge >= 0.3 is 5.69 Å². The molecular formula is C15H10ClN3O5. The van der Waals surface area contributed by atoms with Gasteiger partial charge in [0.2, 0.25) is 5.75 Å². The maximum Gasteiger partial charge on any atom is 0.315 e. The topological polar surface area (TPSA) is 134 Å². The molecule has 0 bridgehead atoms. The molecule has 122 valence electrons. The Kier molecular flexibility index (Phi) is 4.57. The number of allylic oxidation sites excluding steroid dienone is 1. The van der Waals surface area contributed by atoms with Crippen LogP contribution in [0, 0.1) is 33.6 Å². The van der Waals surface area contributed by atoms with E-state index in [9.17, 15) is 30.8 Å². The van der Waals surface area contributed by atoms with Crippen LogP contribution in [0.4, 0.5) is 5.69 Å². The lowest BCUT2D eigenvalue weighted by atomic mass is 10.0. The van der Waals surface area contributed by atoms with Gasteiger partial charge in [-0.1, -0.05) is 0 Å². The number of aromatic nitrogens is 1. The first-order chi connectivity index (χ1) is 11.3. The number of nitro groups is 1. The Bertz CT molecular complexity index is 918. The van der Waals surface area contributed by atoms with Crippen LogP contribution in [0.15, 0.2) is 24.3 Å². The number of nitro benzene ring substituents is 1. The van der Waals surface area contributed by atoms with E-state index in [0.29, 0.717) is 10.4 Å². The van der Waals surface area contributed by atoms with Gasteiger partial charge in [0.1, 0.15) is 6.07 Å². The van der Waals surface area contributed by atoms with E-state index in [0.717, 1.165) is 12.1 Å². The summed E-state index contributed by atoms with van der Waals surface area (Å²) in [7, 11) is 0. The number of benzene rings is 1. The Hall–Kier alpha value is -3.31. The van der Waals surface area contributed by atoms with Crippen molar-refractivity contribution in [2.45, 2.75) is 6.92 Å². The summed E-state index contributed by atoms with van der Waals surface area (Å²) in [5, 5.41) is 50.8. The molecule has 0 aliphatic heterocycles. The van der Waals surface area contributed by atoms with Gasteiger partial charge in [0.05, 0.1) is 16.1 Å². The third-order valence-electron chi connectivity index (χ3n) is 3.22. The molecule has 0 saturated heterocycles. The van der Waals surface area contributed by atoms with Crippen molar-refractivity contribution in [3.63, 3.8) is 0 Å². The van der Waals surface area contributed by atoms with E-state index in [2.05, 4.69) is 0 Å². The zero-order valence-electron chi connectivity index (χ0n) is 12.2. The van der Waals surface area contributed by atoms with Crippen molar-refractivity contribution >= 4 is 28.9 Å².